The number of likely N-dealkylation sites (tertiary alicyclic amines) is 2. The van der Waals surface area contributed by atoms with Crippen LogP contribution in [0.5, 0.6) is 0 Å². The summed E-state index contributed by atoms with van der Waals surface area (Å²) in [6.45, 7) is 2.28. The molecule has 1 atom stereocenters. The van der Waals surface area contributed by atoms with E-state index in [9.17, 15) is 19.5 Å². The number of nitrogens with zero attached hydrogens (tertiary/aromatic N) is 4. The van der Waals surface area contributed by atoms with Gasteiger partial charge in [-0.25, -0.2) is 4.79 Å². The number of carboxylic acid groups (broad SMARTS) is 1. The molecule has 0 radical (unpaired) electrons. The van der Waals surface area contributed by atoms with Gasteiger partial charge in [0.15, 0.2) is 0 Å². The van der Waals surface area contributed by atoms with Crippen LogP contribution in [0.2, 0.25) is 0 Å². The average Bonchev–Trinajstić information content (AvgIpc) is 3.25. The number of hydrogen-bond acceptors (Lipinski definition) is 4. The molecule has 8 heteroatoms. The molecule has 1 spiro atoms. The lowest BCUT2D eigenvalue weighted by atomic mass is 9.76. The largest absolute Gasteiger partial charge is 0.480 e. The smallest absolute Gasteiger partial charge is 0.326 e. The number of piperidine rings is 1. The van der Waals surface area contributed by atoms with Crippen LogP contribution in [0.15, 0.2) is 18.5 Å². The van der Waals surface area contributed by atoms with Crippen molar-refractivity contribution in [3.63, 3.8) is 0 Å². The molecule has 2 amide bonds. The normalized spacial score (nSPS) is 24.4. The third-order valence-electron chi connectivity index (χ3n) is 6.29. The van der Waals surface area contributed by atoms with Crippen LogP contribution >= 0.6 is 0 Å². The molecule has 4 rings (SSSR count). The Hall–Kier alpha value is -2.38. The first kappa shape index (κ1) is 18.0. The highest BCUT2D eigenvalue weighted by Gasteiger charge is 2.50. The Morgan fingerprint density at radius 2 is 1.93 bits per heavy atom. The number of carboxylic acids is 1. The molecular weight excluding hydrogens is 348 g/mol. The van der Waals surface area contributed by atoms with Crippen LogP contribution < -0.4 is 0 Å². The Morgan fingerprint density at radius 1 is 1.19 bits per heavy atom. The summed E-state index contributed by atoms with van der Waals surface area (Å²) in [4.78, 5) is 40.2. The van der Waals surface area contributed by atoms with Gasteiger partial charge < -0.3 is 14.9 Å². The van der Waals surface area contributed by atoms with Crippen molar-refractivity contribution in [1.29, 1.82) is 0 Å². The van der Waals surface area contributed by atoms with Crippen molar-refractivity contribution < 1.29 is 19.5 Å². The van der Waals surface area contributed by atoms with Gasteiger partial charge in [0, 0.05) is 50.9 Å². The predicted molar refractivity (Wildman–Crippen MR) is 95.6 cm³/mol. The maximum atomic E-state index is 12.7. The zero-order valence-corrected chi connectivity index (χ0v) is 15.4. The first-order valence-corrected chi connectivity index (χ1v) is 9.76. The summed E-state index contributed by atoms with van der Waals surface area (Å²) < 4.78 is 1.68. The van der Waals surface area contributed by atoms with E-state index in [4.69, 9.17) is 0 Å². The van der Waals surface area contributed by atoms with Crippen LogP contribution in [0.3, 0.4) is 0 Å². The molecule has 1 saturated carbocycles. The van der Waals surface area contributed by atoms with Crippen LogP contribution in [0, 0.1) is 11.3 Å². The maximum absolute atomic E-state index is 12.7. The molecule has 2 aliphatic heterocycles. The summed E-state index contributed by atoms with van der Waals surface area (Å²) in [5.41, 5.74) is -0.176. The molecule has 146 valence electrons. The van der Waals surface area contributed by atoms with Crippen molar-refractivity contribution in [2.45, 2.75) is 51.1 Å². The van der Waals surface area contributed by atoms with Gasteiger partial charge in [-0.2, -0.15) is 5.10 Å². The summed E-state index contributed by atoms with van der Waals surface area (Å²) in [5, 5.41) is 13.7. The third kappa shape index (κ3) is 3.70. The Balaban J connectivity index is 1.38. The molecule has 0 aromatic carbocycles. The number of aryl methyl sites for hydroxylation is 1. The monoisotopic (exact) mass is 374 g/mol. The SMILES string of the molecule is O=C(O)[C@@H]1CC2(CCN(C(=O)C3CC3)CC2)CN1C(=O)CCn1cccn1. The van der Waals surface area contributed by atoms with Crippen molar-refractivity contribution in [3.05, 3.63) is 18.5 Å². The van der Waals surface area contributed by atoms with E-state index < -0.39 is 12.0 Å². The fourth-order valence-electron chi connectivity index (χ4n) is 4.48. The quantitative estimate of drug-likeness (QED) is 0.829. The Morgan fingerprint density at radius 3 is 2.52 bits per heavy atom. The summed E-state index contributed by atoms with van der Waals surface area (Å²) in [6, 6.07) is 1.03. The van der Waals surface area contributed by atoms with Gasteiger partial charge in [-0.3, -0.25) is 14.3 Å². The number of carbonyl (C=O) groups is 3. The summed E-state index contributed by atoms with van der Waals surface area (Å²) in [5.74, 6) is -0.596. The van der Waals surface area contributed by atoms with Gasteiger partial charge in [0.2, 0.25) is 11.8 Å². The molecule has 1 aromatic heterocycles. The lowest BCUT2D eigenvalue weighted by Crippen LogP contribution is -2.45. The van der Waals surface area contributed by atoms with E-state index in [2.05, 4.69) is 5.10 Å². The van der Waals surface area contributed by atoms with Crippen LogP contribution in [0.25, 0.3) is 0 Å². The Kier molecular flexibility index (Phi) is 4.65. The number of aromatic nitrogens is 2. The van der Waals surface area contributed by atoms with Crippen LogP contribution in [0.1, 0.15) is 38.5 Å². The zero-order valence-electron chi connectivity index (χ0n) is 15.4. The number of rotatable bonds is 5. The minimum atomic E-state index is -0.934. The van der Waals surface area contributed by atoms with Gasteiger partial charge >= 0.3 is 5.97 Å². The third-order valence-corrected chi connectivity index (χ3v) is 6.29. The second-order valence-electron chi connectivity index (χ2n) is 8.20. The fraction of sp³-hybridized carbons (Fsp3) is 0.684. The van der Waals surface area contributed by atoms with E-state index >= 15 is 0 Å². The van der Waals surface area contributed by atoms with E-state index in [1.54, 1.807) is 28.0 Å². The first-order valence-electron chi connectivity index (χ1n) is 9.76. The molecule has 1 aromatic rings. The number of hydrogen-bond donors (Lipinski definition) is 1. The molecule has 0 bridgehead atoms. The number of aliphatic carboxylic acids is 1. The first-order chi connectivity index (χ1) is 13.0. The standard InChI is InChI=1S/C19H26N4O4/c24-16(4-9-22-8-1-7-20-22)23-13-19(12-15(23)18(26)27)5-10-21(11-6-19)17(25)14-2-3-14/h1,7-8,14-15H,2-6,9-13H2,(H,26,27)/t15-/m0/s1. The summed E-state index contributed by atoms with van der Waals surface area (Å²) >= 11 is 0. The number of carbonyl (C=O) groups excluding carboxylic acids is 2. The molecule has 1 N–H and O–H groups in total. The molecule has 1 aliphatic carbocycles. The molecular formula is C19H26N4O4. The maximum Gasteiger partial charge on any atom is 0.326 e. The minimum absolute atomic E-state index is 0.133. The molecule has 3 heterocycles. The van der Waals surface area contributed by atoms with Gasteiger partial charge in [-0.15, -0.1) is 0 Å². The number of amides is 2. The van der Waals surface area contributed by atoms with Gasteiger partial charge in [-0.05, 0) is 43.6 Å². The highest BCUT2D eigenvalue weighted by molar-refractivity contribution is 5.84. The van der Waals surface area contributed by atoms with E-state index in [-0.39, 0.29) is 29.6 Å². The van der Waals surface area contributed by atoms with Gasteiger partial charge in [-0.1, -0.05) is 0 Å². The zero-order chi connectivity index (χ0) is 19.0. The van der Waals surface area contributed by atoms with Crippen molar-refractivity contribution in [3.8, 4) is 0 Å². The van der Waals surface area contributed by atoms with Gasteiger partial charge in [0.25, 0.3) is 0 Å². The fourth-order valence-corrected chi connectivity index (χ4v) is 4.48. The molecule has 0 unspecified atom stereocenters. The van der Waals surface area contributed by atoms with Crippen molar-refractivity contribution in [2.75, 3.05) is 19.6 Å². The van der Waals surface area contributed by atoms with E-state index in [1.807, 2.05) is 4.90 Å². The van der Waals surface area contributed by atoms with E-state index in [1.165, 1.54) is 0 Å². The van der Waals surface area contributed by atoms with Crippen molar-refractivity contribution in [1.82, 2.24) is 19.6 Å². The molecule has 3 aliphatic rings. The Bertz CT molecular complexity index is 720. The van der Waals surface area contributed by atoms with Crippen molar-refractivity contribution >= 4 is 17.8 Å². The van der Waals surface area contributed by atoms with E-state index in [0.29, 0.717) is 32.6 Å². The molecule has 3 fully saturated rings. The highest BCUT2D eigenvalue weighted by atomic mass is 16.4. The highest BCUT2D eigenvalue weighted by Crippen LogP contribution is 2.44. The van der Waals surface area contributed by atoms with Crippen LogP contribution in [-0.2, 0) is 20.9 Å². The molecule has 2 saturated heterocycles. The topological polar surface area (TPSA) is 95.7 Å². The van der Waals surface area contributed by atoms with E-state index in [0.717, 1.165) is 25.7 Å². The second-order valence-corrected chi connectivity index (χ2v) is 8.20. The van der Waals surface area contributed by atoms with Crippen LogP contribution in [-0.4, -0.2) is 68.1 Å². The van der Waals surface area contributed by atoms with Gasteiger partial charge in [0.1, 0.15) is 6.04 Å². The molecule has 27 heavy (non-hydrogen) atoms. The van der Waals surface area contributed by atoms with Crippen LogP contribution in [0.4, 0.5) is 0 Å². The minimum Gasteiger partial charge on any atom is -0.480 e. The van der Waals surface area contributed by atoms with Gasteiger partial charge in [0.05, 0.1) is 0 Å². The predicted octanol–water partition coefficient (Wildman–Crippen LogP) is 0.977. The Labute approximate surface area is 158 Å². The summed E-state index contributed by atoms with van der Waals surface area (Å²) in [7, 11) is 0. The second kappa shape index (κ2) is 6.98. The lowest BCUT2D eigenvalue weighted by molar-refractivity contribution is -0.148. The van der Waals surface area contributed by atoms with Crippen molar-refractivity contribution in [2.24, 2.45) is 11.3 Å². The molecule has 8 nitrogen and oxygen atoms in total. The summed E-state index contributed by atoms with van der Waals surface area (Å²) in [6.07, 6.45) is 7.73. The lowest BCUT2D eigenvalue weighted by Gasteiger charge is -2.39. The average molecular weight is 374 g/mol.